The number of esters is 1. The molecular formula is C22H23N3O4. The predicted octanol–water partition coefficient (Wildman–Crippen LogP) is 3.13. The lowest BCUT2D eigenvalue weighted by atomic mass is 10.2. The summed E-state index contributed by atoms with van der Waals surface area (Å²) in [7, 11) is 0. The fourth-order valence-electron chi connectivity index (χ4n) is 2.60. The fraction of sp³-hybridized carbons (Fsp3) is 0.273. The lowest BCUT2D eigenvalue weighted by Gasteiger charge is -2.26. The van der Waals surface area contributed by atoms with Crippen molar-refractivity contribution in [2.24, 2.45) is 0 Å². The first-order valence-corrected chi connectivity index (χ1v) is 9.18. The van der Waals surface area contributed by atoms with Crippen molar-refractivity contribution in [3.8, 4) is 6.07 Å². The van der Waals surface area contributed by atoms with Crippen LogP contribution < -0.4 is 5.32 Å². The van der Waals surface area contributed by atoms with Crippen molar-refractivity contribution >= 4 is 23.5 Å². The van der Waals surface area contributed by atoms with Crippen molar-refractivity contribution in [3.63, 3.8) is 0 Å². The molecule has 1 N–H and O–H groups in total. The van der Waals surface area contributed by atoms with Crippen LogP contribution in [0, 0.1) is 11.3 Å². The number of carbonyl (C=O) groups is 3. The number of hydrogen-bond donors (Lipinski definition) is 1. The van der Waals surface area contributed by atoms with Crippen molar-refractivity contribution in [1.82, 2.24) is 4.90 Å². The minimum atomic E-state index is -0.628. The molecule has 2 amide bonds. The molecule has 29 heavy (non-hydrogen) atoms. The van der Waals surface area contributed by atoms with E-state index in [4.69, 9.17) is 10.00 Å². The van der Waals surface area contributed by atoms with E-state index >= 15 is 0 Å². The van der Waals surface area contributed by atoms with Gasteiger partial charge in [0.15, 0.2) is 6.61 Å². The average Bonchev–Trinajstić information content (AvgIpc) is 2.71. The van der Waals surface area contributed by atoms with Gasteiger partial charge in [0.25, 0.3) is 5.91 Å². The second-order valence-electron chi connectivity index (χ2n) is 6.64. The van der Waals surface area contributed by atoms with Gasteiger partial charge in [-0.3, -0.25) is 9.59 Å². The Morgan fingerprint density at radius 1 is 1.07 bits per heavy atom. The molecule has 2 rings (SSSR count). The molecule has 0 bridgehead atoms. The molecule has 0 radical (unpaired) electrons. The predicted molar refractivity (Wildman–Crippen MR) is 108 cm³/mol. The Morgan fingerprint density at radius 3 is 2.31 bits per heavy atom. The molecule has 0 spiro atoms. The highest BCUT2D eigenvalue weighted by molar-refractivity contribution is 5.94. The summed E-state index contributed by atoms with van der Waals surface area (Å²) < 4.78 is 5.16. The zero-order chi connectivity index (χ0) is 21.2. The van der Waals surface area contributed by atoms with E-state index in [-0.39, 0.29) is 30.5 Å². The lowest BCUT2D eigenvalue weighted by Crippen LogP contribution is -2.39. The van der Waals surface area contributed by atoms with Crippen LogP contribution in [0.4, 0.5) is 5.69 Å². The third kappa shape index (κ3) is 6.78. The molecule has 0 aliphatic rings. The van der Waals surface area contributed by atoms with E-state index in [0.29, 0.717) is 12.2 Å². The Kier molecular flexibility index (Phi) is 7.92. The summed E-state index contributed by atoms with van der Waals surface area (Å²) in [5.74, 6) is -1.34. The summed E-state index contributed by atoms with van der Waals surface area (Å²) in [5.41, 5.74) is 1.72. The van der Waals surface area contributed by atoms with Crippen LogP contribution >= 0.6 is 0 Å². The van der Waals surface area contributed by atoms with E-state index in [1.807, 2.05) is 44.2 Å². The van der Waals surface area contributed by atoms with Gasteiger partial charge in [-0.15, -0.1) is 0 Å². The molecule has 7 nitrogen and oxygen atoms in total. The number of nitrogens with zero attached hydrogens (tertiary/aromatic N) is 2. The Labute approximate surface area is 169 Å². The van der Waals surface area contributed by atoms with Crippen LogP contribution in [0.5, 0.6) is 0 Å². The minimum absolute atomic E-state index is 0.0438. The van der Waals surface area contributed by atoms with Crippen molar-refractivity contribution in [2.45, 2.75) is 32.9 Å². The largest absolute Gasteiger partial charge is 0.452 e. The summed E-state index contributed by atoms with van der Waals surface area (Å²) in [6, 6.07) is 17.3. The number of ether oxygens (including phenoxy) is 1. The van der Waals surface area contributed by atoms with E-state index in [1.54, 1.807) is 11.0 Å². The quantitative estimate of drug-likeness (QED) is 0.695. The van der Waals surface area contributed by atoms with Gasteiger partial charge in [-0.2, -0.15) is 5.26 Å². The maximum Gasteiger partial charge on any atom is 0.338 e. The van der Waals surface area contributed by atoms with Crippen molar-refractivity contribution in [2.75, 3.05) is 11.9 Å². The molecule has 0 saturated heterocycles. The first kappa shape index (κ1) is 21.6. The van der Waals surface area contributed by atoms with Gasteiger partial charge in [-0.25, -0.2) is 4.79 Å². The monoisotopic (exact) mass is 393 g/mol. The highest BCUT2D eigenvalue weighted by Gasteiger charge is 2.19. The summed E-state index contributed by atoms with van der Waals surface area (Å²) >= 11 is 0. The maximum atomic E-state index is 12.5. The Bertz CT molecular complexity index is 887. The molecular weight excluding hydrogens is 370 g/mol. The second kappa shape index (κ2) is 10.6. The van der Waals surface area contributed by atoms with E-state index in [2.05, 4.69) is 5.32 Å². The van der Waals surface area contributed by atoms with Gasteiger partial charge in [-0.05, 0) is 43.7 Å². The maximum absolute atomic E-state index is 12.5. The number of carbonyl (C=O) groups excluding carboxylic acids is 3. The van der Waals surface area contributed by atoms with Crippen LogP contribution in [0.2, 0.25) is 0 Å². The van der Waals surface area contributed by atoms with E-state index in [9.17, 15) is 14.4 Å². The van der Waals surface area contributed by atoms with Gasteiger partial charge in [-0.1, -0.05) is 30.3 Å². The van der Waals surface area contributed by atoms with Crippen LogP contribution in [0.25, 0.3) is 0 Å². The van der Waals surface area contributed by atoms with Gasteiger partial charge >= 0.3 is 5.97 Å². The highest BCUT2D eigenvalue weighted by Crippen LogP contribution is 2.12. The number of anilines is 1. The molecule has 0 fully saturated rings. The SMILES string of the molecule is CC(C)N(Cc1ccccc1)C(=O)COC(=O)c1ccc(NC(=O)CC#N)cc1. The van der Waals surface area contributed by atoms with Crippen molar-refractivity contribution < 1.29 is 19.1 Å². The fourth-order valence-corrected chi connectivity index (χ4v) is 2.60. The molecule has 0 saturated carbocycles. The molecule has 0 unspecified atom stereocenters. The number of nitriles is 1. The zero-order valence-electron chi connectivity index (χ0n) is 16.4. The van der Waals surface area contributed by atoms with Gasteiger partial charge < -0.3 is 15.0 Å². The first-order chi connectivity index (χ1) is 13.9. The Balaban J connectivity index is 1.92. The molecule has 7 heteroatoms. The van der Waals surface area contributed by atoms with E-state index in [1.165, 1.54) is 24.3 Å². The minimum Gasteiger partial charge on any atom is -0.452 e. The Hall–Kier alpha value is -3.66. The van der Waals surface area contributed by atoms with Crippen LogP contribution in [0.15, 0.2) is 54.6 Å². The van der Waals surface area contributed by atoms with Crippen molar-refractivity contribution in [3.05, 3.63) is 65.7 Å². The summed E-state index contributed by atoms with van der Waals surface area (Å²) in [5, 5.41) is 11.0. The summed E-state index contributed by atoms with van der Waals surface area (Å²) in [4.78, 5) is 37.8. The molecule has 2 aromatic rings. The first-order valence-electron chi connectivity index (χ1n) is 9.18. The van der Waals surface area contributed by atoms with Gasteiger partial charge in [0.2, 0.25) is 5.91 Å². The van der Waals surface area contributed by atoms with Gasteiger partial charge in [0, 0.05) is 18.3 Å². The highest BCUT2D eigenvalue weighted by atomic mass is 16.5. The van der Waals surface area contributed by atoms with E-state index in [0.717, 1.165) is 5.56 Å². The number of amides is 2. The number of benzene rings is 2. The third-order valence-electron chi connectivity index (χ3n) is 4.11. The standard InChI is InChI=1S/C22H23N3O4/c1-16(2)25(14-17-6-4-3-5-7-17)21(27)15-29-22(28)18-8-10-19(11-9-18)24-20(26)12-13-23/h3-11,16H,12,14-15H2,1-2H3,(H,24,26). The van der Waals surface area contributed by atoms with Crippen molar-refractivity contribution in [1.29, 1.82) is 5.26 Å². The molecule has 0 aliphatic heterocycles. The number of hydrogen-bond acceptors (Lipinski definition) is 5. The zero-order valence-corrected chi connectivity index (χ0v) is 16.4. The average molecular weight is 393 g/mol. The van der Waals surface area contributed by atoms with Crippen LogP contribution in [-0.2, 0) is 20.9 Å². The smallest absolute Gasteiger partial charge is 0.338 e. The topological polar surface area (TPSA) is 99.5 Å². The molecule has 0 aliphatic carbocycles. The summed E-state index contributed by atoms with van der Waals surface area (Å²) in [6.45, 7) is 3.89. The van der Waals surface area contributed by atoms with Gasteiger partial charge in [0.05, 0.1) is 11.6 Å². The normalized spacial score (nSPS) is 10.1. The van der Waals surface area contributed by atoms with Gasteiger partial charge in [0.1, 0.15) is 6.42 Å². The number of rotatable bonds is 8. The van der Waals surface area contributed by atoms with Crippen LogP contribution in [0.3, 0.4) is 0 Å². The van der Waals surface area contributed by atoms with Crippen LogP contribution in [-0.4, -0.2) is 35.3 Å². The summed E-state index contributed by atoms with van der Waals surface area (Å²) in [6.07, 6.45) is -0.249. The molecule has 0 aromatic heterocycles. The molecule has 0 heterocycles. The Morgan fingerprint density at radius 2 is 1.72 bits per heavy atom. The van der Waals surface area contributed by atoms with Crippen LogP contribution in [0.1, 0.15) is 36.2 Å². The number of nitrogens with one attached hydrogen (secondary N) is 1. The molecule has 2 aromatic carbocycles. The third-order valence-corrected chi connectivity index (χ3v) is 4.11. The lowest BCUT2D eigenvalue weighted by molar-refractivity contribution is -0.137. The molecule has 0 atom stereocenters. The molecule has 150 valence electrons. The van der Waals surface area contributed by atoms with E-state index < -0.39 is 11.9 Å². The second-order valence-corrected chi connectivity index (χ2v) is 6.64.